The van der Waals surface area contributed by atoms with Crippen molar-refractivity contribution in [3.63, 3.8) is 0 Å². The summed E-state index contributed by atoms with van der Waals surface area (Å²) in [4.78, 5) is 1.89. The van der Waals surface area contributed by atoms with E-state index in [1.165, 1.54) is 6.07 Å². The lowest BCUT2D eigenvalue weighted by molar-refractivity contribution is 0.174. The van der Waals surface area contributed by atoms with Crippen LogP contribution < -0.4 is 14.4 Å². The normalized spacial score (nSPS) is 12.6. The molecule has 0 N–H and O–H groups in total. The van der Waals surface area contributed by atoms with E-state index in [4.69, 9.17) is 9.47 Å². The number of rotatable bonds is 2. The van der Waals surface area contributed by atoms with Crippen molar-refractivity contribution in [2.75, 3.05) is 25.8 Å². The number of ether oxygens (including phenoxy) is 2. The number of hydrogen-bond acceptors (Lipinski definition) is 3. The number of nitrogens with zero attached hydrogens (tertiary/aromatic N) is 1. The number of anilines is 1. The molecular formula is C15H14FNO2. The minimum absolute atomic E-state index is 0.219. The molecule has 3 nitrogen and oxygen atoms in total. The van der Waals surface area contributed by atoms with E-state index < -0.39 is 0 Å². The molecule has 0 radical (unpaired) electrons. The molecule has 0 aromatic heterocycles. The van der Waals surface area contributed by atoms with E-state index in [9.17, 15) is 4.39 Å². The van der Waals surface area contributed by atoms with Gasteiger partial charge in [-0.1, -0.05) is 12.1 Å². The van der Waals surface area contributed by atoms with E-state index in [0.717, 1.165) is 11.3 Å². The lowest BCUT2D eigenvalue weighted by Crippen LogP contribution is -2.10. The summed E-state index contributed by atoms with van der Waals surface area (Å²) >= 11 is 0. The molecule has 2 aromatic rings. The van der Waals surface area contributed by atoms with Gasteiger partial charge >= 0.3 is 0 Å². The van der Waals surface area contributed by atoms with Crippen LogP contribution in [0.2, 0.25) is 0 Å². The standard InChI is InChI=1S/C15H14FNO2/c1-17(2)12-5-3-4-11(16)15(12)10-6-7-13-14(8-10)19-9-18-13/h3-8H,9H2,1-2H3. The fourth-order valence-electron chi connectivity index (χ4n) is 2.22. The topological polar surface area (TPSA) is 21.7 Å². The third-order valence-corrected chi connectivity index (χ3v) is 3.13. The van der Waals surface area contributed by atoms with Crippen molar-refractivity contribution in [3.8, 4) is 22.6 Å². The molecule has 0 bridgehead atoms. The summed E-state index contributed by atoms with van der Waals surface area (Å²) in [6.45, 7) is 0.219. The van der Waals surface area contributed by atoms with Crippen molar-refractivity contribution in [2.24, 2.45) is 0 Å². The van der Waals surface area contributed by atoms with Gasteiger partial charge in [0.2, 0.25) is 6.79 Å². The number of halogens is 1. The smallest absolute Gasteiger partial charge is 0.231 e. The van der Waals surface area contributed by atoms with Crippen LogP contribution in [0.15, 0.2) is 36.4 Å². The zero-order valence-electron chi connectivity index (χ0n) is 10.8. The number of hydrogen-bond donors (Lipinski definition) is 0. The quantitative estimate of drug-likeness (QED) is 0.826. The van der Waals surface area contributed by atoms with E-state index in [-0.39, 0.29) is 12.6 Å². The predicted molar refractivity (Wildman–Crippen MR) is 72.3 cm³/mol. The lowest BCUT2D eigenvalue weighted by Gasteiger charge is -2.18. The van der Waals surface area contributed by atoms with E-state index >= 15 is 0 Å². The highest BCUT2D eigenvalue weighted by Crippen LogP contribution is 2.39. The Balaban J connectivity index is 2.16. The zero-order valence-corrected chi connectivity index (χ0v) is 10.8. The molecule has 0 atom stereocenters. The van der Waals surface area contributed by atoms with Gasteiger partial charge in [-0.25, -0.2) is 4.39 Å². The summed E-state index contributed by atoms with van der Waals surface area (Å²) in [5, 5.41) is 0. The second kappa shape index (κ2) is 4.46. The summed E-state index contributed by atoms with van der Waals surface area (Å²) in [5.74, 6) is 1.11. The molecule has 0 spiro atoms. The van der Waals surface area contributed by atoms with Crippen molar-refractivity contribution < 1.29 is 13.9 Å². The van der Waals surface area contributed by atoms with Crippen molar-refractivity contribution in [1.29, 1.82) is 0 Å². The third kappa shape index (κ3) is 1.99. The maximum atomic E-state index is 14.1. The minimum atomic E-state index is -0.245. The maximum absolute atomic E-state index is 14.1. The Morgan fingerprint density at radius 1 is 1.05 bits per heavy atom. The highest BCUT2D eigenvalue weighted by molar-refractivity contribution is 5.80. The van der Waals surface area contributed by atoms with Gasteiger partial charge in [0, 0.05) is 25.3 Å². The Hall–Kier alpha value is -2.23. The van der Waals surface area contributed by atoms with Crippen LogP contribution in [0.25, 0.3) is 11.1 Å². The Labute approximate surface area is 111 Å². The highest BCUT2D eigenvalue weighted by atomic mass is 19.1. The van der Waals surface area contributed by atoms with Gasteiger partial charge in [0.1, 0.15) is 5.82 Å². The average Bonchev–Trinajstić information content (AvgIpc) is 2.85. The first kappa shape index (κ1) is 11.8. The van der Waals surface area contributed by atoms with Gasteiger partial charge in [-0.05, 0) is 29.8 Å². The Morgan fingerprint density at radius 2 is 1.84 bits per heavy atom. The van der Waals surface area contributed by atoms with E-state index in [2.05, 4.69) is 0 Å². The third-order valence-electron chi connectivity index (χ3n) is 3.13. The SMILES string of the molecule is CN(C)c1cccc(F)c1-c1ccc2c(c1)OCO2. The van der Waals surface area contributed by atoms with Crippen LogP contribution in [0, 0.1) is 5.82 Å². The summed E-state index contributed by atoms with van der Waals surface area (Å²) in [6.07, 6.45) is 0. The van der Waals surface area contributed by atoms with Crippen molar-refractivity contribution in [2.45, 2.75) is 0 Å². The molecule has 0 amide bonds. The fourth-order valence-corrected chi connectivity index (χ4v) is 2.22. The molecule has 1 aliphatic rings. The molecule has 2 aromatic carbocycles. The molecule has 0 saturated heterocycles. The predicted octanol–water partition coefficient (Wildman–Crippen LogP) is 3.29. The largest absolute Gasteiger partial charge is 0.454 e. The van der Waals surface area contributed by atoms with Crippen molar-refractivity contribution in [1.82, 2.24) is 0 Å². The first-order valence-electron chi connectivity index (χ1n) is 6.02. The van der Waals surface area contributed by atoms with Crippen LogP contribution in [0.5, 0.6) is 11.5 Å². The maximum Gasteiger partial charge on any atom is 0.231 e. The van der Waals surface area contributed by atoms with Crippen LogP contribution in [0.1, 0.15) is 0 Å². The zero-order chi connectivity index (χ0) is 13.4. The Kier molecular flexibility index (Phi) is 2.78. The average molecular weight is 259 g/mol. The Morgan fingerprint density at radius 3 is 2.63 bits per heavy atom. The van der Waals surface area contributed by atoms with E-state index in [1.54, 1.807) is 6.07 Å². The summed E-state index contributed by atoms with van der Waals surface area (Å²) < 4.78 is 24.8. The second-order valence-electron chi connectivity index (χ2n) is 4.60. The van der Waals surface area contributed by atoms with Crippen LogP contribution in [-0.4, -0.2) is 20.9 Å². The van der Waals surface area contributed by atoms with Gasteiger partial charge in [-0.3, -0.25) is 0 Å². The molecule has 19 heavy (non-hydrogen) atoms. The van der Waals surface area contributed by atoms with Crippen LogP contribution in [0.4, 0.5) is 10.1 Å². The molecule has 4 heteroatoms. The van der Waals surface area contributed by atoms with Gasteiger partial charge in [0.15, 0.2) is 11.5 Å². The van der Waals surface area contributed by atoms with E-state index in [1.807, 2.05) is 43.3 Å². The monoisotopic (exact) mass is 259 g/mol. The molecule has 1 heterocycles. The van der Waals surface area contributed by atoms with Crippen LogP contribution >= 0.6 is 0 Å². The summed E-state index contributed by atoms with van der Waals surface area (Å²) in [5.41, 5.74) is 2.19. The van der Waals surface area contributed by atoms with Gasteiger partial charge < -0.3 is 14.4 Å². The summed E-state index contributed by atoms with van der Waals surface area (Å²) in [6, 6.07) is 10.5. The molecular weight excluding hydrogens is 245 g/mol. The van der Waals surface area contributed by atoms with Gasteiger partial charge in [0.25, 0.3) is 0 Å². The van der Waals surface area contributed by atoms with Gasteiger partial charge in [0.05, 0.1) is 0 Å². The molecule has 0 unspecified atom stereocenters. The first-order valence-corrected chi connectivity index (χ1v) is 6.02. The van der Waals surface area contributed by atoms with Crippen LogP contribution in [0.3, 0.4) is 0 Å². The minimum Gasteiger partial charge on any atom is -0.454 e. The fraction of sp³-hybridized carbons (Fsp3) is 0.200. The molecule has 1 aliphatic heterocycles. The van der Waals surface area contributed by atoms with Crippen LogP contribution in [-0.2, 0) is 0 Å². The molecule has 0 fully saturated rings. The Bertz CT molecular complexity index is 626. The molecule has 0 aliphatic carbocycles. The van der Waals surface area contributed by atoms with Gasteiger partial charge in [-0.2, -0.15) is 0 Å². The lowest BCUT2D eigenvalue weighted by atomic mass is 10.0. The van der Waals surface area contributed by atoms with Crippen molar-refractivity contribution >= 4 is 5.69 Å². The molecule has 3 rings (SSSR count). The number of benzene rings is 2. The molecule has 0 saturated carbocycles. The summed E-state index contributed by atoms with van der Waals surface area (Å²) in [7, 11) is 3.79. The highest BCUT2D eigenvalue weighted by Gasteiger charge is 2.17. The van der Waals surface area contributed by atoms with Gasteiger partial charge in [-0.15, -0.1) is 0 Å². The van der Waals surface area contributed by atoms with Crippen molar-refractivity contribution in [3.05, 3.63) is 42.2 Å². The second-order valence-corrected chi connectivity index (χ2v) is 4.60. The number of fused-ring (bicyclic) bond motifs is 1. The first-order chi connectivity index (χ1) is 9.16. The van der Waals surface area contributed by atoms with E-state index in [0.29, 0.717) is 17.1 Å². The molecule has 98 valence electrons.